The van der Waals surface area contributed by atoms with Crippen LogP contribution in [0.2, 0.25) is 5.02 Å². The molecule has 1 aromatic heterocycles. The van der Waals surface area contributed by atoms with E-state index >= 15 is 0 Å². The SMILES string of the molecule is COc1cc(Cl)ccc1N=c1scc(-c2ccc(F)cc2)n1CCCNCCOCC(=O)N(C)C. The van der Waals surface area contributed by atoms with E-state index < -0.39 is 0 Å². The molecule has 188 valence electrons. The van der Waals surface area contributed by atoms with Crippen LogP contribution in [0.25, 0.3) is 11.3 Å². The first-order chi connectivity index (χ1) is 16.9. The fraction of sp³-hybridized carbons (Fsp3) is 0.360. The molecule has 35 heavy (non-hydrogen) atoms. The molecule has 2 aromatic carbocycles. The summed E-state index contributed by atoms with van der Waals surface area (Å²) in [6.07, 6.45) is 0.840. The first-order valence-corrected chi connectivity index (χ1v) is 12.5. The number of benzene rings is 2. The molecule has 0 aliphatic heterocycles. The monoisotopic (exact) mass is 520 g/mol. The van der Waals surface area contributed by atoms with Gasteiger partial charge in [-0.1, -0.05) is 11.6 Å². The minimum Gasteiger partial charge on any atom is -0.494 e. The topological polar surface area (TPSA) is 68.1 Å². The molecule has 3 rings (SSSR count). The van der Waals surface area contributed by atoms with Gasteiger partial charge in [-0.25, -0.2) is 9.38 Å². The molecule has 0 saturated heterocycles. The number of aromatic nitrogens is 1. The molecule has 0 unspecified atom stereocenters. The molecule has 0 radical (unpaired) electrons. The van der Waals surface area contributed by atoms with Crippen LogP contribution in [-0.2, 0) is 16.1 Å². The van der Waals surface area contributed by atoms with E-state index in [2.05, 4.69) is 9.88 Å². The van der Waals surface area contributed by atoms with Gasteiger partial charge in [0.1, 0.15) is 23.9 Å². The third kappa shape index (κ3) is 7.90. The molecule has 10 heteroatoms. The van der Waals surface area contributed by atoms with Gasteiger partial charge in [0, 0.05) is 43.7 Å². The largest absolute Gasteiger partial charge is 0.494 e. The van der Waals surface area contributed by atoms with Crippen LogP contribution in [-0.4, -0.2) is 62.9 Å². The number of halogens is 2. The number of carbonyl (C=O) groups excluding carboxylic acids is 1. The second-order valence-corrected chi connectivity index (χ2v) is 9.21. The zero-order chi connectivity index (χ0) is 25.2. The Bertz CT molecular complexity index is 1180. The van der Waals surface area contributed by atoms with Crippen molar-refractivity contribution in [2.45, 2.75) is 13.0 Å². The van der Waals surface area contributed by atoms with E-state index in [0.29, 0.717) is 36.2 Å². The quantitative estimate of drug-likeness (QED) is 0.361. The van der Waals surface area contributed by atoms with Crippen LogP contribution in [0.5, 0.6) is 5.75 Å². The lowest BCUT2D eigenvalue weighted by Crippen LogP contribution is -2.28. The molecule has 3 aromatic rings. The van der Waals surface area contributed by atoms with Crippen molar-refractivity contribution in [1.82, 2.24) is 14.8 Å². The molecule has 7 nitrogen and oxygen atoms in total. The average molecular weight is 521 g/mol. The first kappa shape index (κ1) is 26.9. The van der Waals surface area contributed by atoms with Crippen molar-refractivity contribution in [2.24, 2.45) is 4.99 Å². The summed E-state index contributed by atoms with van der Waals surface area (Å²) in [5, 5.41) is 5.94. The van der Waals surface area contributed by atoms with Crippen LogP contribution < -0.4 is 14.9 Å². The van der Waals surface area contributed by atoms with Gasteiger partial charge in [0.25, 0.3) is 0 Å². The molecular weight excluding hydrogens is 491 g/mol. The Morgan fingerprint density at radius 2 is 1.97 bits per heavy atom. The third-order valence-electron chi connectivity index (χ3n) is 5.18. The van der Waals surface area contributed by atoms with Crippen molar-refractivity contribution in [2.75, 3.05) is 47.5 Å². The number of hydrogen-bond acceptors (Lipinski definition) is 6. The molecule has 0 aliphatic rings. The van der Waals surface area contributed by atoms with Crippen LogP contribution in [0, 0.1) is 5.82 Å². The summed E-state index contributed by atoms with van der Waals surface area (Å²) in [5.41, 5.74) is 2.56. The van der Waals surface area contributed by atoms with Crippen LogP contribution in [0.1, 0.15) is 6.42 Å². The molecule has 0 fully saturated rings. The van der Waals surface area contributed by atoms with Crippen molar-refractivity contribution in [3.63, 3.8) is 0 Å². The van der Waals surface area contributed by atoms with Crippen LogP contribution in [0.3, 0.4) is 0 Å². The summed E-state index contributed by atoms with van der Waals surface area (Å²) in [6.45, 7) is 2.67. The summed E-state index contributed by atoms with van der Waals surface area (Å²) in [7, 11) is 4.99. The van der Waals surface area contributed by atoms with Gasteiger partial charge in [-0.2, -0.15) is 0 Å². The van der Waals surface area contributed by atoms with Gasteiger partial charge in [0.2, 0.25) is 5.91 Å². The second-order valence-electron chi connectivity index (χ2n) is 7.93. The molecule has 1 N–H and O–H groups in total. The molecule has 1 amide bonds. The predicted octanol–water partition coefficient (Wildman–Crippen LogP) is 4.33. The van der Waals surface area contributed by atoms with E-state index in [1.54, 1.807) is 45.5 Å². The number of thiazole rings is 1. The smallest absolute Gasteiger partial charge is 0.248 e. The maximum Gasteiger partial charge on any atom is 0.248 e. The van der Waals surface area contributed by atoms with Crippen LogP contribution in [0.4, 0.5) is 10.1 Å². The number of ether oxygens (including phenoxy) is 2. The molecule has 1 heterocycles. The zero-order valence-corrected chi connectivity index (χ0v) is 21.7. The summed E-state index contributed by atoms with van der Waals surface area (Å²) in [4.78, 5) is 18.7. The van der Waals surface area contributed by atoms with Crippen molar-refractivity contribution >= 4 is 34.5 Å². The van der Waals surface area contributed by atoms with Gasteiger partial charge < -0.3 is 24.3 Å². The highest BCUT2D eigenvalue weighted by molar-refractivity contribution is 7.07. The number of nitrogens with zero attached hydrogens (tertiary/aromatic N) is 3. The Balaban J connectivity index is 1.71. The van der Waals surface area contributed by atoms with Crippen molar-refractivity contribution in [1.29, 1.82) is 0 Å². The molecule has 0 atom stereocenters. The van der Waals surface area contributed by atoms with E-state index in [9.17, 15) is 9.18 Å². The number of amides is 1. The number of methoxy groups -OCH3 is 1. The zero-order valence-electron chi connectivity index (χ0n) is 20.1. The van der Waals surface area contributed by atoms with Gasteiger partial charge in [-0.15, -0.1) is 11.3 Å². The first-order valence-electron chi connectivity index (χ1n) is 11.2. The highest BCUT2D eigenvalue weighted by Crippen LogP contribution is 2.30. The van der Waals surface area contributed by atoms with Crippen molar-refractivity contribution in [3.05, 3.63) is 63.5 Å². The summed E-state index contributed by atoms with van der Waals surface area (Å²) < 4.78 is 26.4. The summed E-state index contributed by atoms with van der Waals surface area (Å²) >= 11 is 7.61. The summed E-state index contributed by atoms with van der Waals surface area (Å²) in [6, 6.07) is 11.8. The lowest BCUT2D eigenvalue weighted by Gasteiger charge is -2.12. The van der Waals surface area contributed by atoms with Crippen LogP contribution in [0.15, 0.2) is 52.8 Å². The van der Waals surface area contributed by atoms with E-state index in [1.807, 2.05) is 11.4 Å². The maximum absolute atomic E-state index is 13.5. The third-order valence-corrected chi connectivity index (χ3v) is 6.28. The number of likely N-dealkylation sites (N-methyl/N-ethyl adjacent to an activating group) is 1. The predicted molar refractivity (Wildman–Crippen MR) is 138 cm³/mol. The fourth-order valence-corrected chi connectivity index (χ4v) is 4.36. The van der Waals surface area contributed by atoms with Gasteiger partial charge in [-0.05, 0) is 54.9 Å². The molecule has 0 aliphatic carbocycles. The average Bonchev–Trinajstić information content (AvgIpc) is 3.24. The number of carbonyl (C=O) groups is 1. The lowest BCUT2D eigenvalue weighted by atomic mass is 10.1. The van der Waals surface area contributed by atoms with E-state index in [1.165, 1.54) is 28.4 Å². The summed E-state index contributed by atoms with van der Waals surface area (Å²) in [5.74, 6) is 0.265. The van der Waals surface area contributed by atoms with E-state index in [4.69, 9.17) is 26.1 Å². The Kier molecular flexibility index (Phi) is 10.3. The second kappa shape index (κ2) is 13.4. The Labute approximate surface area is 213 Å². The molecular formula is C25H30ClFN4O3S. The van der Waals surface area contributed by atoms with Gasteiger partial charge in [-0.3, -0.25) is 4.79 Å². The van der Waals surface area contributed by atoms with E-state index in [-0.39, 0.29) is 18.3 Å². The number of nitrogens with one attached hydrogen (secondary N) is 1. The van der Waals surface area contributed by atoms with E-state index in [0.717, 1.165) is 29.0 Å². The van der Waals surface area contributed by atoms with Gasteiger partial charge in [0.05, 0.1) is 19.4 Å². The van der Waals surface area contributed by atoms with Crippen molar-refractivity contribution in [3.8, 4) is 17.0 Å². The Hall–Kier alpha value is -2.72. The fourth-order valence-electron chi connectivity index (χ4n) is 3.25. The van der Waals surface area contributed by atoms with Gasteiger partial charge in [0.15, 0.2) is 4.80 Å². The number of rotatable bonds is 12. The standard InChI is InChI=1S/C25H30ClFN4O3S/c1-30(2)24(32)16-34-14-12-28-11-4-13-31-22(18-5-8-20(27)9-6-18)17-35-25(31)29-21-10-7-19(26)15-23(21)33-3/h5-10,15,17,28H,4,11-14,16H2,1-3H3. The Morgan fingerprint density at radius 1 is 1.20 bits per heavy atom. The lowest BCUT2D eigenvalue weighted by molar-refractivity contribution is -0.133. The molecule has 0 saturated carbocycles. The highest BCUT2D eigenvalue weighted by Gasteiger charge is 2.10. The highest BCUT2D eigenvalue weighted by atomic mass is 35.5. The van der Waals surface area contributed by atoms with Gasteiger partial charge >= 0.3 is 0 Å². The maximum atomic E-state index is 13.5. The Morgan fingerprint density at radius 3 is 2.69 bits per heavy atom. The molecule has 0 bridgehead atoms. The van der Waals surface area contributed by atoms with Crippen LogP contribution >= 0.6 is 22.9 Å². The molecule has 0 spiro atoms. The minimum absolute atomic E-state index is 0.0548. The number of hydrogen-bond donors (Lipinski definition) is 1. The normalized spacial score (nSPS) is 11.6. The van der Waals surface area contributed by atoms with Crippen molar-refractivity contribution < 1.29 is 18.7 Å². The minimum atomic E-state index is -0.273.